The number of benzene rings is 1. The van der Waals surface area contributed by atoms with Crippen LogP contribution in [0.15, 0.2) is 48.6 Å². The smallest absolute Gasteiger partial charge is 0.286 e. The van der Waals surface area contributed by atoms with Crippen LogP contribution in [0, 0.1) is 0 Å². The molecule has 0 spiro atoms. The summed E-state index contributed by atoms with van der Waals surface area (Å²) in [6, 6.07) is 4.35. The minimum atomic E-state index is -0.770. The first-order chi connectivity index (χ1) is 13.8. The fraction of sp³-hybridized carbons (Fsp3) is 0.278. The van der Waals surface area contributed by atoms with E-state index in [9.17, 15) is 9.59 Å². The lowest BCUT2D eigenvalue weighted by atomic mass is 10.1. The summed E-state index contributed by atoms with van der Waals surface area (Å²) in [6.07, 6.45) is 1.60. The van der Waals surface area contributed by atoms with Crippen LogP contribution < -0.4 is 15.0 Å². The molecule has 1 aliphatic heterocycles. The zero-order valence-corrected chi connectivity index (χ0v) is 14.4. The number of nitrogens with one attached hydrogen (secondary N) is 1. The number of amides is 2. The number of carbonyl (C=O) groups excluding carboxylic acids is 2. The van der Waals surface area contributed by atoms with E-state index >= 15 is 0 Å². The Morgan fingerprint density at radius 1 is 1.32 bits per heavy atom. The maximum atomic E-state index is 11.8. The van der Waals surface area contributed by atoms with Gasteiger partial charge >= 0.3 is 0 Å². The van der Waals surface area contributed by atoms with E-state index in [2.05, 4.69) is 10.3 Å². The van der Waals surface area contributed by atoms with Crippen molar-refractivity contribution in [2.45, 2.75) is 11.7 Å². The van der Waals surface area contributed by atoms with Gasteiger partial charge in [0.05, 0.1) is 17.3 Å². The predicted octanol–water partition coefficient (Wildman–Crippen LogP) is 2.49. The number of ether oxygens (including phenoxy) is 1. The molecule has 1 atom stereocenters. The first-order valence-electron chi connectivity index (χ1n) is 9.65. The van der Waals surface area contributed by atoms with Gasteiger partial charge in [-0.25, -0.2) is 4.98 Å². The van der Waals surface area contributed by atoms with Crippen LogP contribution in [0.5, 0.6) is 5.75 Å². The Morgan fingerprint density at radius 3 is 2.76 bits per heavy atom. The van der Waals surface area contributed by atoms with Gasteiger partial charge in [-0.1, -0.05) is 29.9 Å². The van der Waals surface area contributed by atoms with Crippen molar-refractivity contribution in [3.8, 4) is 5.75 Å². The molecule has 130 valence electrons. The molecule has 25 heavy (non-hydrogen) atoms. The second kappa shape index (κ2) is 8.02. The second-order valence-electron chi connectivity index (χ2n) is 5.35. The lowest BCUT2D eigenvalue weighted by Crippen LogP contribution is -2.25. The van der Waals surface area contributed by atoms with Gasteiger partial charge in [0.15, 0.2) is 0 Å². The number of imide groups is 1. The van der Waals surface area contributed by atoms with Crippen molar-refractivity contribution < 1.29 is 19.8 Å². The minimum Gasteiger partial charge on any atom is -0.492 e. The molecule has 1 aliphatic rings. The van der Waals surface area contributed by atoms with E-state index in [1.165, 1.54) is 0 Å². The van der Waals surface area contributed by atoms with Crippen molar-refractivity contribution >= 4 is 28.7 Å². The highest BCUT2D eigenvalue weighted by molar-refractivity contribution is 8.15. The number of likely N-dealkylation sites (N-methyl/N-ethyl adjacent to an activating group) is 1. The Bertz CT molecular complexity index is 917. The normalized spacial score (nSPS) is 18.8. The maximum Gasteiger partial charge on any atom is 0.286 e. The molecule has 0 saturated carbocycles. The number of pyridine rings is 1. The fourth-order valence-electron chi connectivity index (χ4n) is 2.19. The van der Waals surface area contributed by atoms with Crippen LogP contribution in [0.3, 0.4) is 0 Å². The molecule has 1 saturated heterocycles. The SMILES string of the molecule is [2H]c1c([2H])c(OCCN(C)c2ccccn2)c([2H])c([2H])c1CC1SC(=O)NC1=O. The molecule has 1 N–H and O–H groups in total. The summed E-state index contributed by atoms with van der Waals surface area (Å²) in [4.78, 5) is 29.2. The third-order valence-electron chi connectivity index (χ3n) is 3.52. The van der Waals surface area contributed by atoms with Crippen molar-refractivity contribution in [1.82, 2.24) is 10.3 Å². The van der Waals surface area contributed by atoms with Crippen LogP contribution in [0.25, 0.3) is 0 Å². The summed E-state index contributed by atoms with van der Waals surface area (Å²) in [6.45, 7) is 0.567. The summed E-state index contributed by atoms with van der Waals surface area (Å²) in [5.74, 6) is 0.111. The molecule has 2 aromatic rings. The molecule has 2 heterocycles. The van der Waals surface area contributed by atoms with Crippen LogP contribution in [0.1, 0.15) is 11.0 Å². The maximum absolute atomic E-state index is 11.8. The first kappa shape index (κ1) is 12.8. The van der Waals surface area contributed by atoms with E-state index in [4.69, 9.17) is 10.2 Å². The van der Waals surface area contributed by atoms with Gasteiger partial charge in [0.25, 0.3) is 5.24 Å². The molecule has 1 aromatic carbocycles. The Balaban J connectivity index is 1.73. The van der Waals surface area contributed by atoms with Crippen molar-refractivity contribution in [1.29, 1.82) is 0 Å². The molecule has 2 amide bonds. The second-order valence-corrected chi connectivity index (χ2v) is 6.53. The quantitative estimate of drug-likeness (QED) is 0.817. The summed E-state index contributed by atoms with van der Waals surface area (Å²) >= 11 is 0.785. The molecule has 0 aliphatic carbocycles. The molecule has 0 bridgehead atoms. The van der Waals surface area contributed by atoms with Gasteiger partial charge in [-0.3, -0.25) is 14.9 Å². The Kier molecular flexibility index (Phi) is 4.10. The molecule has 1 unspecified atom stereocenters. The van der Waals surface area contributed by atoms with Gasteiger partial charge in [-0.05, 0) is 36.2 Å². The zero-order valence-electron chi connectivity index (χ0n) is 17.5. The topological polar surface area (TPSA) is 71.5 Å². The van der Waals surface area contributed by atoms with E-state index in [0.717, 1.165) is 17.6 Å². The van der Waals surface area contributed by atoms with Crippen LogP contribution in [0.4, 0.5) is 10.6 Å². The number of carbonyl (C=O) groups is 2. The van der Waals surface area contributed by atoms with Gasteiger partial charge < -0.3 is 9.64 Å². The highest BCUT2D eigenvalue weighted by Crippen LogP contribution is 2.23. The van der Waals surface area contributed by atoms with E-state index in [1.54, 1.807) is 6.20 Å². The van der Waals surface area contributed by atoms with E-state index < -0.39 is 16.4 Å². The van der Waals surface area contributed by atoms with Gasteiger partial charge in [0.2, 0.25) is 5.91 Å². The number of aromatic nitrogens is 1. The lowest BCUT2D eigenvalue weighted by molar-refractivity contribution is -0.118. The van der Waals surface area contributed by atoms with Gasteiger partial charge in [0.1, 0.15) is 18.2 Å². The molecular weight excluding hydrogens is 338 g/mol. The summed E-state index contributed by atoms with van der Waals surface area (Å²) in [5.41, 5.74) is 0.0836. The number of nitrogens with zero attached hydrogens (tertiary/aromatic N) is 2. The highest BCUT2D eigenvalue weighted by Gasteiger charge is 2.31. The van der Waals surface area contributed by atoms with E-state index in [1.807, 2.05) is 30.1 Å². The average Bonchev–Trinajstić information content (AvgIpc) is 3.03. The van der Waals surface area contributed by atoms with Gasteiger partial charge in [-0.2, -0.15) is 0 Å². The molecule has 0 radical (unpaired) electrons. The van der Waals surface area contributed by atoms with E-state index in [-0.39, 0.29) is 48.5 Å². The largest absolute Gasteiger partial charge is 0.492 e. The number of rotatable bonds is 7. The summed E-state index contributed by atoms with van der Waals surface area (Å²) < 4.78 is 38.3. The molecule has 1 fully saturated rings. The number of anilines is 1. The zero-order chi connectivity index (χ0) is 21.1. The number of thioether (sulfide) groups is 1. The van der Waals surface area contributed by atoms with Crippen LogP contribution in [0.2, 0.25) is 0 Å². The fourth-order valence-corrected chi connectivity index (χ4v) is 3.03. The van der Waals surface area contributed by atoms with Gasteiger partial charge in [-0.15, -0.1) is 0 Å². The molecule has 3 rings (SSSR count). The number of hydrogen-bond donors (Lipinski definition) is 1. The van der Waals surface area contributed by atoms with Crippen LogP contribution in [-0.4, -0.2) is 41.6 Å². The third-order valence-corrected chi connectivity index (χ3v) is 4.51. The Labute approximate surface area is 156 Å². The average molecular weight is 361 g/mol. The number of hydrogen-bond acceptors (Lipinski definition) is 6. The van der Waals surface area contributed by atoms with E-state index in [0.29, 0.717) is 6.54 Å². The molecule has 1 aromatic heterocycles. The molecular formula is C18H19N3O3S. The summed E-state index contributed by atoms with van der Waals surface area (Å²) in [5, 5.41) is 0.904. The molecule has 7 heteroatoms. The molecule has 6 nitrogen and oxygen atoms in total. The first-order valence-corrected chi connectivity index (χ1v) is 8.53. The standard InChI is InChI=1S/C18H19N3O3S/c1-21(16-4-2-3-9-19-16)10-11-24-14-7-5-13(6-8-14)12-15-17(22)20-18(23)25-15/h2-9,15H,10-12H2,1H3,(H,20,22,23)/i5D,6D,7D,8D. The van der Waals surface area contributed by atoms with Crippen molar-refractivity contribution in [2.75, 3.05) is 25.1 Å². The van der Waals surface area contributed by atoms with Crippen LogP contribution in [-0.2, 0) is 11.2 Å². The van der Waals surface area contributed by atoms with Crippen LogP contribution >= 0.6 is 11.8 Å². The van der Waals surface area contributed by atoms with Crippen molar-refractivity contribution in [3.05, 3.63) is 54.1 Å². The van der Waals surface area contributed by atoms with Gasteiger partial charge in [0, 0.05) is 13.2 Å². The highest BCUT2D eigenvalue weighted by atomic mass is 32.2. The van der Waals surface area contributed by atoms with Crippen molar-refractivity contribution in [3.63, 3.8) is 0 Å². The Hall–Kier alpha value is -2.54. The Morgan fingerprint density at radius 2 is 2.12 bits per heavy atom. The monoisotopic (exact) mass is 361 g/mol. The summed E-state index contributed by atoms with van der Waals surface area (Å²) in [7, 11) is 1.83. The third kappa shape index (κ3) is 4.73. The van der Waals surface area contributed by atoms with Crippen molar-refractivity contribution in [2.24, 2.45) is 0 Å². The predicted molar refractivity (Wildman–Crippen MR) is 98.1 cm³/mol. The lowest BCUT2D eigenvalue weighted by Gasteiger charge is -2.18. The minimum absolute atomic E-state index is 0.0691.